The van der Waals surface area contributed by atoms with E-state index in [2.05, 4.69) is 10.2 Å². The summed E-state index contributed by atoms with van der Waals surface area (Å²) in [5.41, 5.74) is 1.29. The standard InChI is InChI=1S/C19H20F4N2/c20-17-7-4-8-18(25-9-1-2-10-25)16(17)13-24-12-14-5-3-6-15(11-14)19(21,22)23/h3-8,11,24H,1-2,9-10,12-13H2. The van der Waals surface area contributed by atoms with Crippen LogP contribution in [-0.2, 0) is 19.3 Å². The molecule has 0 aromatic heterocycles. The van der Waals surface area contributed by atoms with Crippen LogP contribution in [0.15, 0.2) is 42.5 Å². The maximum absolute atomic E-state index is 14.2. The highest BCUT2D eigenvalue weighted by molar-refractivity contribution is 5.54. The van der Waals surface area contributed by atoms with Gasteiger partial charge in [0.05, 0.1) is 5.56 Å². The van der Waals surface area contributed by atoms with Gasteiger partial charge in [-0.3, -0.25) is 0 Å². The molecule has 2 aromatic rings. The zero-order valence-corrected chi connectivity index (χ0v) is 13.7. The Morgan fingerprint density at radius 1 is 0.960 bits per heavy atom. The number of benzene rings is 2. The minimum atomic E-state index is -4.36. The lowest BCUT2D eigenvalue weighted by atomic mass is 10.1. The molecule has 1 aliphatic heterocycles. The molecule has 1 fully saturated rings. The molecule has 1 heterocycles. The number of nitrogens with one attached hydrogen (secondary N) is 1. The van der Waals surface area contributed by atoms with Crippen molar-refractivity contribution >= 4 is 5.69 Å². The molecule has 0 aliphatic carbocycles. The number of nitrogens with zero attached hydrogens (tertiary/aromatic N) is 1. The summed E-state index contributed by atoms with van der Waals surface area (Å²) in [6.07, 6.45) is -2.17. The van der Waals surface area contributed by atoms with Crippen LogP contribution in [0.25, 0.3) is 0 Å². The van der Waals surface area contributed by atoms with Crippen LogP contribution in [0.1, 0.15) is 29.5 Å². The molecule has 0 saturated carbocycles. The third kappa shape index (κ3) is 4.31. The van der Waals surface area contributed by atoms with Gasteiger partial charge in [0.2, 0.25) is 0 Å². The second-order valence-corrected chi connectivity index (χ2v) is 6.23. The molecule has 0 atom stereocenters. The number of hydrogen-bond donors (Lipinski definition) is 1. The van der Waals surface area contributed by atoms with Gasteiger partial charge < -0.3 is 10.2 Å². The molecule has 134 valence electrons. The van der Waals surface area contributed by atoms with E-state index in [4.69, 9.17) is 0 Å². The molecule has 25 heavy (non-hydrogen) atoms. The van der Waals surface area contributed by atoms with E-state index in [0.717, 1.165) is 43.8 Å². The van der Waals surface area contributed by atoms with E-state index in [1.54, 1.807) is 12.1 Å². The maximum Gasteiger partial charge on any atom is 0.416 e. The van der Waals surface area contributed by atoms with Crippen molar-refractivity contribution in [3.05, 3.63) is 65.0 Å². The molecule has 0 unspecified atom stereocenters. The molecule has 1 N–H and O–H groups in total. The highest BCUT2D eigenvalue weighted by Gasteiger charge is 2.30. The Balaban J connectivity index is 1.68. The van der Waals surface area contributed by atoms with Crippen molar-refractivity contribution in [3.8, 4) is 0 Å². The van der Waals surface area contributed by atoms with Gasteiger partial charge in [-0.1, -0.05) is 24.3 Å². The summed E-state index contributed by atoms with van der Waals surface area (Å²) in [6, 6.07) is 10.2. The van der Waals surface area contributed by atoms with Crippen LogP contribution in [0.3, 0.4) is 0 Å². The largest absolute Gasteiger partial charge is 0.416 e. The average molecular weight is 352 g/mol. The number of rotatable bonds is 5. The van der Waals surface area contributed by atoms with Gasteiger partial charge in [-0.25, -0.2) is 4.39 Å². The summed E-state index contributed by atoms with van der Waals surface area (Å²) < 4.78 is 52.5. The van der Waals surface area contributed by atoms with Crippen molar-refractivity contribution in [1.82, 2.24) is 5.32 Å². The lowest BCUT2D eigenvalue weighted by Crippen LogP contribution is -2.22. The Hall–Kier alpha value is -2.08. The minimum Gasteiger partial charge on any atom is -0.371 e. The van der Waals surface area contributed by atoms with Gasteiger partial charge in [-0.05, 0) is 36.6 Å². The van der Waals surface area contributed by atoms with Crippen LogP contribution < -0.4 is 10.2 Å². The smallest absolute Gasteiger partial charge is 0.371 e. The summed E-state index contributed by atoms with van der Waals surface area (Å²) >= 11 is 0. The Morgan fingerprint density at radius 2 is 1.68 bits per heavy atom. The first-order valence-electron chi connectivity index (χ1n) is 8.34. The van der Waals surface area contributed by atoms with Gasteiger partial charge in [-0.15, -0.1) is 0 Å². The summed E-state index contributed by atoms with van der Waals surface area (Å²) in [6.45, 7) is 2.33. The van der Waals surface area contributed by atoms with E-state index in [1.165, 1.54) is 12.1 Å². The summed E-state index contributed by atoms with van der Waals surface area (Å²) in [4.78, 5) is 2.16. The average Bonchev–Trinajstić information content (AvgIpc) is 3.10. The van der Waals surface area contributed by atoms with Crippen LogP contribution >= 0.6 is 0 Å². The van der Waals surface area contributed by atoms with Gasteiger partial charge in [0.15, 0.2) is 0 Å². The van der Waals surface area contributed by atoms with Gasteiger partial charge in [-0.2, -0.15) is 13.2 Å². The SMILES string of the molecule is Fc1cccc(N2CCCC2)c1CNCc1cccc(C(F)(F)F)c1. The Morgan fingerprint density at radius 3 is 2.40 bits per heavy atom. The van der Waals surface area contributed by atoms with E-state index < -0.39 is 11.7 Å². The molecule has 0 bridgehead atoms. The zero-order valence-electron chi connectivity index (χ0n) is 13.7. The van der Waals surface area contributed by atoms with Crippen LogP contribution in [0, 0.1) is 5.82 Å². The van der Waals surface area contributed by atoms with Crippen LogP contribution in [-0.4, -0.2) is 13.1 Å². The number of alkyl halides is 3. The Bertz CT molecular complexity index is 722. The fraction of sp³-hybridized carbons (Fsp3) is 0.368. The highest BCUT2D eigenvalue weighted by Crippen LogP contribution is 2.30. The quantitative estimate of drug-likeness (QED) is 0.783. The minimum absolute atomic E-state index is 0.248. The van der Waals surface area contributed by atoms with Crippen LogP contribution in [0.2, 0.25) is 0 Å². The Labute approximate surface area is 144 Å². The molecule has 1 saturated heterocycles. The second-order valence-electron chi connectivity index (χ2n) is 6.23. The van der Waals surface area contributed by atoms with E-state index in [0.29, 0.717) is 11.1 Å². The molecule has 2 nitrogen and oxygen atoms in total. The fourth-order valence-electron chi connectivity index (χ4n) is 3.17. The van der Waals surface area contributed by atoms with E-state index in [-0.39, 0.29) is 18.9 Å². The highest BCUT2D eigenvalue weighted by atomic mass is 19.4. The summed E-state index contributed by atoms with van der Waals surface area (Å²) in [5, 5.41) is 3.07. The first-order chi connectivity index (χ1) is 11.9. The van der Waals surface area contributed by atoms with E-state index >= 15 is 0 Å². The zero-order chi connectivity index (χ0) is 17.9. The van der Waals surface area contributed by atoms with Gasteiger partial charge in [0.1, 0.15) is 5.82 Å². The fourth-order valence-corrected chi connectivity index (χ4v) is 3.17. The lowest BCUT2D eigenvalue weighted by molar-refractivity contribution is -0.137. The Kier molecular flexibility index (Phi) is 5.27. The predicted molar refractivity (Wildman–Crippen MR) is 89.8 cm³/mol. The maximum atomic E-state index is 14.2. The molecule has 2 aromatic carbocycles. The molecular weight excluding hydrogens is 332 g/mol. The molecule has 1 aliphatic rings. The van der Waals surface area contributed by atoms with Gasteiger partial charge in [0, 0.05) is 37.4 Å². The molecule has 0 radical (unpaired) electrons. The molecule has 6 heteroatoms. The lowest BCUT2D eigenvalue weighted by Gasteiger charge is -2.22. The van der Waals surface area contributed by atoms with Crippen molar-refractivity contribution in [2.24, 2.45) is 0 Å². The number of halogens is 4. The van der Waals surface area contributed by atoms with Gasteiger partial charge in [0.25, 0.3) is 0 Å². The number of hydrogen-bond acceptors (Lipinski definition) is 2. The first-order valence-corrected chi connectivity index (χ1v) is 8.34. The molecule has 0 amide bonds. The second kappa shape index (κ2) is 7.44. The third-order valence-corrected chi connectivity index (χ3v) is 4.43. The van der Waals surface area contributed by atoms with Crippen molar-refractivity contribution in [2.75, 3.05) is 18.0 Å². The van der Waals surface area contributed by atoms with E-state index in [9.17, 15) is 17.6 Å². The monoisotopic (exact) mass is 352 g/mol. The summed E-state index contributed by atoms with van der Waals surface area (Å²) in [5.74, 6) is -0.291. The normalized spacial score (nSPS) is 15.0. The van der Waals surface area contributed by atoms with E-state index in [1.807, 2.05) is 6.07 Å². The van der Waals surface area contributed by atoms with Crippen molar-refractivity contribution in [3.63, 3.8) is 0 Å². The van der Waals surface area contributed by atoms with Crippen molar-refractivity contribution < 1.29 is 17.6 Å². The molecular formula is C19H20F4N2. The van der Waals surface area contributed by atoms with Crippen molar-refractivity contribution in [1.29, 1.82) is 0 Å². The number of anilines is 1. The predicted octanol–water partition coefficient (Wildman–Crippen LogP) is 4.73. The van der Waals surface area contributed by atoms with Crippen LogP contribution in [0.5, 0.6) is 0 Å². The third-order valence-electron chi connectivity index (χ3n) is 4.43. The molecule has 0 spiro atoms. The van der Waals surface area contributed by atoms with Gasteiger partial charge >= 0.3 is 6.18 Å². The summed E-state index contributed by atoms with van der Waals surface area (Å²) in [7, 11) is 0. The topological polar surface area (TPSA) is 15.3 Å². The van der Waals surface area contributed by atoms with Crippen molar-refractivity contribution in [2.45, 2.75) is 32.1 Å². The van der Waals surface area contributed by atoms with Crippen LogP contribution in [0.4, 0.5) is 23.2 Å². The first kappa shape index (κ1) is 17.7. The molecule has 3 rings (SSSR count).